The summed E-state index contributed by atoms with van der Waals surface area (Å²) in [6, 6.07) is 55.0. The van der Waals surface area contributed by atoms with E-state index in [1.807, 2.05) is 24.3 Å². The lowest BCUT2D eigenvalue weighted by Crippen LogP contribution is -2.12. The maximum Gasteiger partial charge on any atom is 0.115 e. The fourth-order valence-electron chi connectivity index (χ4n) is 6.47. The lowest BCUT2D eigenvalue weighted by molar-refractivity contribution is 1.22. The third-order valence-corrected chi connectivity index (χ3v) is 8.97. The molecule has 0 spiro atoms. The summed E-state index contributed by atoms with van der Waals surface area (Å²) < 4.78 is 0. The largest absolute Gasteiger partial charge is 0.252 e. The molecular formula is C44H28N4. The van der Waals surface area contributed by atoms with E-state index < -0.39 is 0 Å². The first-order valence-electron chi connectivity index (χ1n) is 16.0. The molecule has 4 nitrogen and oxygen atoms in total. The Hall–Kier alpha value is -6.52. The Bertz CT molecular complexity index is 2360. The highest BCUT2D eigenvalue weighted by atomic mass is 14.9. The quantitative estimate of drug-likeness (QED) is 0.199. The van der Waals surface area contributed by atoms with Crippen molar-refractivity contribution in [2.24, 2.45) is 9.98 Å². The molecule has 0 fully saturated rings. The Morgan fingerprint density at radius 3 is 1.10 bits per heavy atom. The second-order valence-corrected chi connectivity index (χ2v) is 11.9. The van der Waals surface area contributed by atoms with Crippen LogP contribution >= 0.6 is 0 Å². The molecule has 6 aromatic carbocycles. The molecule has 9 rings (SSSR count). The molecule has 0 radical (unpaired) electrons. The monoisotopic (exact) mass is 612 g/mol. The topological polar surface area (TPSA) is 50.5 Å². The normalized spacial score (nSPS) is 12.4. The number of rotatable bonds is 4. The van der Waals surface area contributed by atoms with Crippen molar-refractivity contribution in [1.82, 2.24) is 9.97 Å². The molecule has 0 atom stereocenters. The molecule has 8 aromatic rings. The molecular weight excluding hydrogens is 585 g/mol. The molecule has 1 aliphatic rings. The molecule has 0 N–H and O–H groups in total. The zero-order valence-electron chi connectivity index (χ0n) is 26.0. The van der Waals surface area contributed by atoms with Gasteiger partial charge in [-0.2, -0.15) is 0 Å². The second-order valence-electron chi connectivity index (χ2n) is 11.9. The van der Waals surface area contributed by atoms with Gasteiger partial charge < -0.3 is 0 Å². The van der Waals surface area contributed by atoms with Crippen LogP contribution in [0.4, 0.5) is 11.4 Å². The van der Waals surface area contributed by atoms with Crippen molar-refractivity contribution in [1.29, 1.82) is 0 Å². The molecule has 0 amide bonds. The molecule has 224 valence electrons. The van der Waals surface area contributed by atoms with Crippen molar-refractivity contribution in [3.8, 4) is 22.3 Å². The maximum atomic E-state index is 5.23. The van der Waals surface area contributed by atoms with Gasteiger partial charge in [0.15, 0.2) is 0 Å². The highest BCUT2D eigenvalue weighted by Crippen LogP contribution is 2.33. The average molecular weight is 613 g/mol. The third-order valence-electron chi connectivity index (χ3n) is 8.97. The first-order valence-corrected chi connectivity index (χ1v) is 16.0. The van der Waals surface area contributed by atoms with Crippen LogP contribution in [0.2, 0.25) is 0 Å². The Morgan fingerprint density at radius 2 is 0.667 bits per heavy atom. The number of pyridine rings is 2. The number of fused-ring (bicyclic) bond motifs is 4. The van der Waals surface area contributed by atoms with Gasteiger partial charge in [0, 0.05) is 23.5 Å². The fraction of sp³-hybridized carbons (Fsp3) is 0. The average Bonchev–Trinajstić information content (AvgIpc) is 3.15. The van der Waals surface area contributed by atoms with Gasteiger partial charge in [-0.25, -0.2) is 9.98 Å². The minimum atomic E-state index is 0.732. The lowest BCUT2D eigenvalue weighted by Gasteiger charge is -2.17. The molecule has 0 aliphatic carbocycles. The number of aromatic nitrogens is 2. The number of hydrogen-bond donors (Lipinski definition) is 0. The van der Waals surface area contributed by atoms with Gasteiger partial charge in [0.05, 0.1) is 22.8 Å². The van der Waals surface area contributed by atoms with Crippen molar-refractivity contribution < 1.29 is 0 Å². The van der Waals surface area contributed by atoms with Crippen LogP contribution in [-0.4, -0.2) is 21.4 Å². The van der Waals surface area contributed by atoms with E-state index in [2.05, 4.69) is 133 Å². The Labute approximate surface area is 278 Å². The summed E-state index contributed by atoms with van der Waals surface area (Å²) in [6.45, 7) is 0. The molecule has 2 aromatic heterocycles. The second kappa shape index (κ2) is 11.7. The SMILES string of the molecule is c1cnc2c(c1)N=C(c1ccc(-c3ccc4ccccc4c3)cc1)c1ncccc1N=C2c1ccc(-c2ccc3ccccc3c2)cc1. The molecule has 4 heteroatoms. The van der Waals surface area contributed by atoms with E-state index in [0.29, 0.717) is 0 Å². The molecule has 48 heavy (non-hydrogen) atoms. The van der Waals surface area contributed by atoms with Crippen LogP contribution in [0.15, 0.2) is 180 Å². The predicted molar refractivity (Wildman–Crippen MR) is 198 cm³/mol. The number of nitrogens with zero attached hydrogens (tertiary/aromatic N) is 4. The van der Waals surface area contributed by atoms with Gasteiger partial charge >= 0.3 is 0 Å². The number of aliphatic imine (C=N–C) groups is 2. The smallest absolute Gasteiger partial charge is 0.115 e. The standard InChI is InChI=1S/C44H28N4/c1-3-9-35-27-37(23-17-29(35)7-1)31-13-19-33(20-14-31)41-43-39(11-5-25-45-43)48-42(44-40(47-41)12-6-26-46-44)34-21-15-32(16-22-34)38-24-18-30-8-2-4-10-36(30)28-38/h1-28H. The molecule has 0 bridgehead atoms. The summed E-state index contributed by atoms with van der Waals surface area (Å²) in [6.07, 6.45) is 3.61. The Morgan fingerprint density at radius 1 is 0.292 bits per heavy atom. The van der Waals surface area contributed by atoms with Crippen LogP contribution in [0.5, 0.6) is 0 Å². The van der Waals surface area contributed by atoms with Crippen molar-refractivity contribution in [3.63, 3.8) is 0 Å². The van der Waals surface area contributed by atoms with E-state index in [1.54, 1.807) is 12.4 Å². The number of hydrogen-bond acceptors (Lipinski definition) is 4. The Kier molecular flexibility index (Phi) is 6.76. The summed E-state index contributed by atoms with van der Waals surface area (Å²) in [5.74, 6) is 0. The summed E-state index contributed by atoms with van der Waals surface area (Å²) >= 11 is 0. The van der Waals surface area contributed by atoms with Gasteiger partial charge in [-0.15, -0.1) is 0 Å². The summed E-state index contributed by atoms with van der Waals surface area (Å²) in [7, 11) is 0. The third kappa shape index (κ3) is 5.06. The first kappa shape index (κ1) is 27.8. The number of benzene rings is 6. The zero-order valence-corrected chi connectivity index (χ0v) is 26.0. The van der Waals surface area contributed by atoms with Gasteiger partial charge in [-0.05, 0) is 80.2 Å². The van der Waals surface area contributed by atoms with Crippen LogP contribution < -0.4 is 0 Å². The van der Waals surface area contributed by atoms with Crippen LogP contribution in [0.3, 0.4) is 0 Å². The minimum Gasteiger partial charge on any atom is -0.252 e. The van der Waals surface area contributed by atoms with Crippen LogP contribution in [0, 0.1) is 0 Å². The molecule has 0 saturated carbocycles. The summed E-state index contributed by atoms with van der Waals surface area (Å²) in [4.78, 5) is 20.1. The van der Waals surface area contributed by atoms with E-state index in [1.165, 1.54) is 32.7 Å². The Balaban J connectivity index is 1.11. The van der Waals surface area contributed by atoms with E-state index in [0.717, 1.165) is 56.4 Å². The van der Waals surface area contributed by atoms with E-state index in [9.17, 15) is 0 Å². The lowest BCUT2D eigenvalue weighted by atomic mass is 9.96. The highest BCUT2D eigenvalue weighted by molar-refractivity contribution is 6.21. The van der Waals surface area contributed by atoms with Gasteiger partial charge in [0.2, 0.25) is 0 Å². The fourth-order valence-corrected chi connectivity index (χ4v) is 6.47. The van der Waals surface area contributed by atoms with E-state index in [-0.39, 0.29) is 0 Å². The maximum absolute atomic E-state index is 5.23. The highest BCUT2D eigenvalue weighted by Gasteiger charge is 2.22. The zero-order chi connectivity index (χ0) is 31.9. The predicted octanol–water partition coefficient (Wildman–Crippen LogP) is 10.8. The van der Waals surface area contributed by atoms with Crippen molar-refractivity contribution >= 4 is 44.3 Å². The van der Waals surface area contributed by atoms with Gasteiger partial charge in [-0.3, -0.25) is 9.97 Å². The summed E-state index contributed by atoms with van der Waals surface area (Å²) in [5, 5.41) is 4.92. The van der Waals surface area contributed by atoms with E-state index in [4.69, 9.17) is 20.0 Å². The van der Waals surface area contributed by atoms with E-state index >= 15 is 0 Å². The van der Waals surface area contributed by atoms with Crippen LogP contribution in [-0.2, 0) is 0 Å². The van der Waals surface area contributed by atoms with Gasteiger partial charge in [0.1, 0.15) is 11.4 Å². The van der Waals surface area contributed by atoms with Crippen LogP contribution in [0.1, 0.15) is 22.5 Å². The van der Waals surface area contributed by atoms with Crippen molar-refractivity contribution in [2.75, 3.05) is 0 Å². The van der Waals surface area contributed by atoms with Gasteiger partial charge in [-0.1, -0.05) is 121 Å². The first-order chi connectivity index (χ1) is 23.8. The molecule has 1 aliphatic heterocycles. The minimum absolute atomic E-state index is 0.732. The molecule has 3 heterocycles. The summed E-state index contributed by atoms with van der Waals surface area (Å²) in [5.41, 5.74) is 11.1. The van der Waals surface area contributed by atoms with Crippen molar-refractivity contribution in [2.45, 2.75) is 0 Å². The van der Waals surface area contributed by atoms with Crippen molar-refractivity contribution in [3.05, 3.63) is 193 Å². The van der Waals surface area contributed by atoms with Gasteiger partial charge in [0.25, 0.3) is 0 Å². The molecule has 0 saturated heterocycles. The molecule has 0 unspecified atom stereocenters. The van der Waals surface area contributed by atoms with Crippen LogP contribution in [0.25, 0.3) is 43.8 Å².